The van der Waals surface area contributed by atoms with E-state index in [1.165, 1.54) is 25.7 Å². The zero-order chi connectivity index (χ0) is 15.2. The zero-order valence-corrected chi connectivity index (χ0v) is 13.9. The van der Waals surface area contributed by atoms with Crippen LogP contribution >= 0.6 is 12.2 Å². The van der Waals surface area contributed by atoms with Gasteiger partial charge in [0.25, 0.3) is 0 Å². The summed E-state index contributed by atoms with van der Waals surface area (Å²) in [5, 5.41) is 3.42. The highest BCUT2D eigenvalue weighted by Crippen LogP contribution is 2.25. The minimum absolute atomic E-state index is 0.244. The number of aryl methyl sites for hydroxylation is 1. The topological polar surface area (TPSA) is 50.9 Å². The molecule has 3 N–H and O–H groups in total. The molecular formula is C16H27N3S. The van der Waals surface area contributed by atoms with Gasteiger partial charge >= 0.3 is 0 Å². The van der Waals surface area contributed by atoms with E-state index in [0.29, 0.717) is 4.99 Å². The van der Waals surface area contributed by atoms with Crippen molar-refractivity contribution in [3.8, 4) is 0 Å². The first-order valence-electron chi connectivity index (χ1n) is 7.37. The normalized spacial score (nSPS) is 11.4. The fraction of sp³-hybridized carbons (Fsp3) is 0.625. The van der Waals surface area contributed by atoms with Crippen LogP contribution in [0.3, 0.4) is 0 Å². The van der Waals surface area contributed by atoms with Crippen LogP contribution in [0, 0.1) is 12.3 Å². The maximum absolute atomic E-state index is 5.75. The third-order valence-electron chi connectivity index (χ3n) is 3.49. The molecule has 0 aliphatic heterocycles. The SMILES string of the molecule is CCCCCC(C)(C)CNc1nc(C)ccc1C(N)=S. The first-order chi connectivity index (χ1) is 9.35. The number of hydrogen-bond donors (Lipinski definition) is 2. The van der Waals surface area contributed by atoms with Gasteiger partial charge in [-0.1, -0.05) is 52.3 Å². The highest BCUT2D eigenvalue weighted by atomic mass is 32.1. The molecule has 1 aromatic rings. The van der Waals surface area contributed by atoms with Crippen molar-refractivity contribution in [2.75, 3.05) is 11.9 Å². The maximum atomic E-state index is 5.75. The van der Waals surface area contributed by atoms with Gasteiger partial charge < -0.3 is 11.1 Å². The minimum atomic E-state index is 0.244. The molecule has 0 aromatic carbocycles. The summed E-state index contributed by atoms with van der Waals surface area (Å²) in [5.74, 6) is 0.807. The monoisotopic (exact) mass is 293 g/mol. The lowest BCUT2D eigenvalue weighted by molar-refractivity contribution is 0.342. The summed E-state index contributed by atoms with van der Waals surface area (Å²) in [5.41, 5.74) is 7.80. The van der Waals surface area contributed by atoms with Crippen molar-refractivity contribution < 1.29 is 0 Å². The molecule has 0 aliphatic rings. The van der Waals surface area contributed by atoms with Gasteiger partial charge in [-0.05, 0) is 30.9 Å². The summed E-state index contributed by atoms with van der Waals surface area (Å²) in [6.45, 7) is 9.65. The van der Waals surface area contributed by atoms with Crippen LogP contribution in [0.1, 0.15) is 57.7 Å². The maximum Gasteiger partial charge on any atom is 0.136 e. The first kappa shape index (κ1) is 16.9. The number of anilines is 1. The van der Waals surface area contributed by atoms with Gasteiger partial charge in [-0.2, -0.15) is 0 Å². The van der Waals surface area contributed by atoms with Crippen molar-refractivity contribution >= 4 is 23.0 Å². The van der Waals surface area contributed by atoms with E-state index in [2.05, 4.69) is 31.1 Å². The molecule has 1 rings (SSSR count). The van der Waals surface area contributed by atoms with Gasteiger partial charge in [0.05, 0.1) is 5.56 Å². The first-order valence-corrected chi connectivity index (χ1v) is 7.78. The molecule has 4 heteroatoms. The Morgan fingerprint density at radius 3 is 2.65 bits per heavy atom. The number of hydrogen-bond acceptors (Lipinski definition) is 3. The quantitative estimate of drug-likeness (QED) is 0.561. The molecule has 0 unspecified atom stereocenters. The summed E-state index contributed by atoms with van der Waals surface area (Å²) >= 11 is 5.08. The third-order valence-corrected chi connectivity index (χ3v) is 3.71. The third kappa shape index (κ3) is 5.45. The molecular weight excluding hydrogens is 266 g/mol. The molecule has 3 nitrogen and oxygen atoms in total. The largest absolute Gasteiger partial charge is 0.389 e. The predicted molar refractivity (Wildman–Crippen MR) is 91.3 cm³/mol. The summed E-state index contributed by atoms with van der Waals surface area (Å²) in [7, 11) is 0. The van der Waals surface area contributed by atoms with Gasteiger partial charge in [-0.15, -0.1) is 0 Å². The van der Waals surface area contributed by atoms with Crippen LogP contribution in [0.15, 0.2) is 12.1 Å². The predicted octanol–water partition coefficient (Wildman–Crippen LogP) is 4.04. The van der Waals surface area contributed by atoms with Crippen molar-refractivity contribution in [1.82, 2.24) is 4.98 Å². The Labute approximate surface area is 128 Å². The van der Waals surface area contributed by atoms with E-state index in [4.69, 9.17) is 18.0 Å². The molecule has 20 heavy (non-hydrogen) atoms. The molecule has 0 atom stereocenters. The van der Waals surface area contributed by atoms with E-state index in [9.17, 15) is 0 Å². The highest BCUT2D eigenvalue weighted by molar-refractivity contribution is 7.80. The van der Waals surface area contributed by atoms with Crippen LogP contribution in [0.5, 0.6) is 0 Å². The molecule has 0 radical (unpaired) electrons. The Balaban J connectivity index is 2.68. The van der Waals surface area contributed by atoms with Gasteiger partial charge in [0.1, 0.15) is 10.8 Å². The van der Waals surface area contributed by atoms with Crippen LogP contribution in [0.2, 0.25) is 0 Å². The number of rotatable bonds is 8. The highest BCUT2D eigenvalue weighted by Gasteiger charge is 2.18. The number of nitrogens with one attached hydrogen (secondary N) is 1. The molecule has 1 aromatic heterocycles. The minimum Gasteiger partial charge on any atom is -0.389 e. The van der Waals surface area contributed by atoms with Crippen LogP contribution in [0.25, 0.3) is 0 Å². The second kappa shape index (κ2) is 7.58. The van der Waals surface area contributed by atoms with Crippen molar-refractivity contribution in [3.63, 3.8) is 0 Å². The number of pyridine rings is 1. The molecule has 0 saturated heterocycles. The van der Waals surface area contributed by atoms with Crippen molar-refractivity contribution in [2.24, 2.45) is 11.1 Å². The Kier molecular flexibility index (Phi) is 6.40. The summed E-state index contributed by atoms with van der Waals surface area (Å²) < 4.78 is 0. The van der Waals surface area contributed by atoms with E-state index in [1.54, 1.807) is 0 Å². The van der Waals surface area contributed by atoms with E-state index in [1.807, 2.05) is 19.1 Å². The molecule has 1 heterocycles. The number of aromatic nitrogens is 1. The Bertz CT molecular complexity index is 455. The fourth-order valence-electron chi connectivity index (χ4n) is 2.16. The summed E-state index contributed by atoms with van der Waals surface area (Å²) in [4.78, 5) is 4.91. The van der Waals surface area contributed by atoms with E-state index >= 15 is 0 Å². The molecule has 0 amide bonds. The Hall–Kier alpha value is -1.16. The smallest absolute Gasteiger partial charge is 0.136 e. The molecule has 0 saturated carbocycles. The van der Waals surface area contributed by atoms with Crippen LogP contribution in [-0.2, 0) is 0 Å². The Morgan fingerprint density at radius 1 is 1.35 bits per heavy atom. The number of nitrogens with two attached hydrogens (primary N) is 1. The van der Waals surface area contributed by atoms with Gasteiger partial charge in [-0.25, -0.2) is 4.98 Å². The molecule has 0 spiro atoms. The van der Waals surface area contributed by atoms with Crippen molar-refractivity contribution in [1.29, 1.82) is 0 Å². The number of thiocarbonyl (C=S) groups is 1. The molecule has 0 fully saturated rings. The van der Waals surface area contributed by atoms with Crippen LogP contribution in [0.4, 0.5) is 5.82 Å². The van der Waals surface area contributed by atoms with Gasteiger partial charge in [0, 0.05) is 12.2 Å². The van der Waals surface area contributed by atoms with Crippen molar-refractivity contribution in [2.45, 2.75) is 53.4 Å². The average Bonchev–Trinajstić information content (AvgIpc) is 2.36. The molecule has 112 valence electrons. The number of unbranched alkanes of at least 4 members (excludes halogenated alkanes) is 2. The fourth-order valence-corrected chi connectivity index (χ4v) is 2.32. The second-order valence-corrected chi connectivity index (χ2v) is 6.63. The number of nitrogens with zero attached hydrogens (tertiary/aromatic N) is 1. The van der Waals surface area contributed by atoms with Gasteiger partial charge in [-0.3, -0.25) is 0 Å². The summed E-state index contributed by atoms with van der Waals surface area (Å²) in [6, 6.07) is 3.88. The lowest BCUT2D eigenvalue weighted by Crippen LogP contribution is -2.25. The lowest BCUT2D eigenvalue weighted by atomic mass is 9.87. The second-order valence-electron chi connectivity index (χ2n) is 6.19. The van der Waals surface area contributed by atoms with Crippen molar-refractivity contribution in [3.05, 3.63) is 23.4 Å². The molecule has 0 aliphatic carbocycles. The lowest BCUT2D eigenvalue weighted by Gasteiger charge is -2.26. The molecule has 0 bridgehead atoms. The average molecular weight is 293 g/mol. The van der Waals surface area contributed by atoms with Gasteiger partial charge in [0.15, 0.2) is 0 Å². The van der Waals surface area contributed by atoms with E-state index < -0.39 is 0 Å². The standard InChI is InChI=1S/C16H27N3S/c1-5-6-7-10-16(3,4)11-18-15-13(14(17)20)9-8-12(2)19-15/h8-9H,5-7,10-11H2,1-4H3,(H2,17,20)(H,18,19). The zero-order valence-electron chi connectivity index (χ0n) is 13.1. The summed E-state index contributed by atoms with van der Waals surface area (Å²) in [6.07, 6.45) is 5.04. The van der Waals surface area contributed by atoms with Crippen LogP contribution in [-0.4, -0.2) is 16.5 Å². The Morgan fingerprint density at radius 2 is 2.05 bits per heavy atom. The van der Waals surface area contributed by atoms with E-state index in [0.717, 1.165) is 23.6 Å². The van der Waals surface area contributed by atoms with E-state index in [-0.39, 0.29) is 5.41 Å². The van der Waals surface area contributed by atoms with Crippen LogP contribution < -0.4 is 11.1 Å². The van der Waals surface area contributed by atoms with Gasteiger partial charge in [0.2, 0.25) is 0 Å².